The van der Waals surface area contributed by atoms with Crippen molar-refractivity contribution in [1.29, 1.82) is 0 Å². The van der Waals surface area contributed by atoms with Crippen molar-refractivity contribution in [2.75, 3.05) is 17.2 Å². The van der Waals surface area contributed by atoms with Gasteiger partial charge in [-0.3, -0.25) is 9.78 Å². The Morgan fingerprint density at radius 2 is 1.82 bits per heavy atom. The van der Waals surface area contributed by atoms with E-state index in [1.54, 1.807) is 48.8 Å². The first-order valence-corrected chi connectivity index (χ1v) is 7.01. The molecule has 22 heavy (non-hydrogen) atoms. The van der Waals surface area contributed by atoms with Gasteiger partial charge < -0.3 is 16.0 Å². The third-order valence-corrected chi connectivity index (χ3v) is 2.92. The number of benzene rings is 1. The Morgan fingerprint density at radius 3 is 2.55 bits per heavy atom. The Hall–Kier alpha value is -2.60. The highest BCUT2D eigenvalue weighted by atomic mass is 35.5. The van der Waals surface area contributed by atoms with E-state index >= 15 is 0 Å². The molecule has 2 aromatic rings. The Morgan fingerprint density at radius 1 is 1.05 bits per heavy atom. The molecule has 0 unspecified atom stereocenters. The Labute approximate surface area is 132 Å². The lowest BCUT2D eigenvalue weighted by Crippen LogP contribution is -2.31. The van der Waals surface area contributed by atoms with Gasteiger partial charge in [0.1, 0.15) is 0 Å². The predicted molar refractivity (Wildman–Crippen MR) is 86.0 cm³/mol. The summed E-state index contributed by atoms with van der Waals surface area (Å²) in [5, 5.41) is 8.47. The van der Waals surface area contributed by atoms with E-state index in [9.17, 15) is 9.59 Å². The predicted octanol–water partition coefficient (Wildman–Crippen LogP) is 2.89. The number of amides is 3. The molecule has 1 aromatic heterocycles. The van der Waals surface area contributed by atoms with Gasteiger partial charge in [-0.05, 0) is 30.3 Å². The summed E-state index contributed by atoms with van der Waals surface area (Å²) in [4.78, 5) is 27.2. The highest BCUT2D eigenvalue weighted by Gasteiger charge is 2.05. The molecule has 3 amide bonds. The molecule has 0 bridgehead atoms. The van der Waals surface area contributed by atoms with Gasteiger partial charge in [-0.2, -0.15) is 0 Å². The van der Waals surface area contributed by atoms with E-state index in [0.717, 1.165) is 0 Å². The van der Waals surface area contributed by atoms with Crippen molar-refractivity contribution in [3.05, 3.63) is 53.8 Å². The summed E-state index contributed by atoms with van der Waals surface area (Å²) in [6.45, 7) is 0.226. The van der Waals surface area contributed by atoms with Crippen molar-refractivity contribution in [1.82, 2.24) is 10.3 Å². The zero-order valence-electron chi connectivity index (χ0n) is 11.7. The molecule has 0 atom stereocenters. The molecular formula is C15H15ClN4O2. The van der Waals surface area contributed by atoms with E-state index in [1.165, 1.54) is 0 Å². The minimum Gasteiger partial charge on any atom is -0.337 e. The molecule has 114 valence electrons. The van der Waals surface area contributed by atoms with Crippen LogP contribution in [0.5, 0.6) is 0 Å². The summed E-state index contributed by atoms with van der Waals surface area (Å²) in [7, 11) is 0. The first-order valence-electron chi connectivity index (χ1n) is 6.64. The van der Waals surface area contributed by atoms with E-state index in [1.807, 2.05) is 0 Å². The van der Waals surface area contributed by atoms with Crippen LogP contribution in [0.4, 0.5) is 16.2 Å². The average molecular weight is 319 g/mol. The number of aromatic nitrogens is 1. The molecule has 0 saturated carbocycles. The number of carbonyl (C=O) groups is 2. The molecule has 0 spiro atoms. The minimum atomic E-state index is -0.390. The van der Waals surface area contributed by atoms with Gasteiger partial charge in [0, 0.05) is 41.8 Å². The SMILES string of the molecule is O=C(CCNC(=O)Nc1cccc(Cl)c1)Nc1ccncc1. The van der Waals surface area contributed by atoms with Gasteiger partial charge in [0.25, 0.3) is 0 Å². The van der Waals surface area contributed by atoms with Crippen molar-refractivity contribution in [2.24, 2.45) is 0 Å². The first-order chi connectivity index (χ1) is 10.6. The summed E-state index contributed by atoms with van der Waals surface area (Å²) >= 11 is 5.82. The fourth-order valence-corrected chi connectivity index (χ4v) is 1.88. The van der Waals surface area contributed by atoms with E-state index in [0.29, 0.717) is 16.4 Å². The summed E-state index contributed by atoms with van der Waals surface area (Å²) in [6, 6.07) is 9.81. The van der Waals surface area contributed by atoms with Gasteiger partial charge in [0.2, 0.25) is 5.91 Å². The van der Waals surface area contributed by atoms with Gasteiger partial charge in [-0.15, -0.1) is 0 Å². The van der Waals surface area contributed by atoms with Gasteiger partial charge in [-0.1, -0.05) is 17.7 Å². The van der Waals surface area contributed by atoms with Crippen LogP contribution in [0.1, 0.15) is 6.42 Å². The molecule has 2 rings (SSSR count). The second-order valence-electron chi connectivity index (χ2n) is 4.43. The van der Waals surface area contributed by atoms with Crippen LogP contribution in [0.25, 0.3) is 0 Å². The number of nitrogens with one attached hydrogen (secondary N) is 3. The lowest BCUT2D eigenvalue weighted by Gasteiger charge is -2.08. The summed E-state index contributed by atoms with van der Waals surface area (Å²) in [6.07, 6.45) is 3.35. The van der Waals surface area contributed by atoms with Crippen molar-refractivity contribution < 1.29 is 9.59 Å². The fraction of sp³-hybridized carbons (Fsp3) is 0.133. The zero-order chi connectivity index (χ0) is 15.8. The van der Waals surface area contributed by atoms with Crippen LogP contribution in [-0.2, 0) is 4.79 Å². The molecule has 1 aromatic carbocycles. The molecule has 0 aliphatic rings. The van der Waals surface area contributed by atoms with Gasteiger partial charge in [0.05, 0.1) is 0 Å². The molecule has 0 fully saturated rings. The van der Waals surface area contributed by atoms with Crippen LogP contribution in [0.2, 0.25) is 5.02 Å². The number of hydrogen-bond donors (Lipinski definition) is 3. The van der Waals surface area contributed by atoms with E-state index in [-0.39, 0.29) is 24.9 Å². The maximum Gasteiger partial charge on any atom is 0.319 e. The molecule has 1 heterocycles. The fourth-order valence-electron chi connectivity index (χ4n) is 1.69. The number of pyridine rings is 1. The topological polar surface area (TPSA) is 83.1 Å². The third kappa shape index (κ3) is 5.41. The molecule has 3 N–H and O–H groups in total. The summed E-state index contributed by atoms with van der Waals surface area (Å²) in [5.74, 6) is -0.186. The number of anilines is 2. The lowest BCUT2D eigenvalue weighted by molar-refractivity contribution is -0.116. The van der Waals surface area contributed by atoms with Crippen LogP contribution in [-0.4, -0.2) is 23.5 Å². The molecule has 6 nitrogen and oxygen atoms in total. The summed E-state index contributed by atoms with van der Waals surface area (Å²) in [5.41, 5.74) is 1.26. The number of nitrogens with zero attached hydrogens (tertiary/aromatic N) is 1. The largest absolute Gasteiger partial charge is 0.337 e. The number of rotatable bonds is 5. The van der Waals surface area contributed by atoms with Crippen LogP contribution < -0.4 is 16.0 Å². The molecule has 0 radical (unpaired) electrons. The lowest BCUT2D eigenvalue weighted by atomic mass is 10.3. The van der Waals surface area contributed by atoms with Crippen molar-refractivity contribution in [3.63, 3.8) is 0 Å². The molecule has 7 heteroatoms. The average Bonchev–Trinajstić information content (AvgIpc) is 2.48. The number of halogens is 1. The number of carbonyl (C=O) groups excluding carboxylic acids is 2. The number of hydrogen-bond acceptors (Lipinski definition) is 3. The molecule has 0 aliphatic carbocycles. The van der Waals surface area contributed by atoms with E-state index in [4.69, 9.17) is 11.6 Å². The van der Waals surface area contributed by atoms with Crippen LogP contribution >= 0.6 is 11.6 Å². The van der Waals surface area contributed by atoms with Crippen LogP contribution in [0, 0.1) is 0 Å². The maximum atomic E-state index is 11.7. The Bertz CT molecular complexity index is 649. The van der Waals surface area contributed by atoms with Crippen molar-refractivity contribution in [2.45, 2.75) is 6.42 Å². The molecular weight excluding hydrogens is 304 g/mol. The Kier molecular flexibility index (Phi) is 5.73. The third-order valence-electron chi connectivity index (χ3n) is 2.68. The highest BCUT2D eigenvalue weighted by molar-refractivity contribution is 6.30. The van der Waals surface area contributed by atoms with Gasteiger partial charge in [0.15, 0.2) is 0 Å². The second kappa shape index (κ2) is 7.99. The van der Waals surface area contributed by atoms with Gasteiger partial charge in [-0.25, -0.2) is 4.79 Å². The van der Waals surface area contributed by atoms with Crippen molar-refractivity contribution in [3.8, 4) is 0 Å². The van der Waals surface area contributed by atoms with E-state index < -0.39 is 0 Å². The first kappa shape index (κ1) is 15.8. The normalized spacial score (nSPS) is 9.86. The molecule has 0 saturated heterocycles. The minimum absolute atomic E-state index is 0.172. The van der Waals surface area contributed by atoms with Crippen LogP contribution in [0.15, 0.2) is 48.8 Å². The standard InChI is InChI=1S/C15H15ClN4O2/c16-11-2-1-3-13(10-11)20-15(22)18-9-6-14(21)19-12-4-7-17-8-5-12/h1-5,7-8,10H,6,9H2,(H,17,19,21)(H2,18,20,22). The summed E-state index contributed by atoms with van der Waals surface area (Å²) < 4.78 is 0. The van der Waals surface area contributed by atoms with Gasteiger partial charge >= 0.3 is 6.03 Å². The van der Waals surface area contributed by atoms with Crippen molar-refractivity contribution >= 4 is 34.9 Å². The van der Waals surface area contributed by atoms with E-state index in [2.05, 4.69) is 20.9 Å². The zero-order valence-corrected chi connectivity index (χ0v) is 12.4. The quantitative estimate of drug-likeness (QED) is 0.792. The highest BCUT2D eigenvalue weighted by Crippen LogP contribution is 2.14. The molecule has 0 aliphatic heterocycles. The number of urea groups is 1. The Balaban J connectivity index is 1.69. The smallest absolute Gasteiger partial charge is 0.319 e. The monoisotopic (exact) mass is 318 g/mol. The van der Waals surface area contributed by atoms with Crippen LogP contribution in [0.3, 0.4) is 0 Å². The maximum absolute atomic E-state index is 11.7. The second-order valence-corrected chi connectivity index (χ2v) is 4.86.